The van der Waals surface area contributed by atoms with E-state index in [0.29, 0.717) is 13.1 Å². The number of aromatic nitrogens is 1. The second-order valence-electron chi connectivity index (χ2n) is 4.29. The first-order chi connectivity index (χ1) is 10.2. The Kier molecular flexibility index (Phi) is 4.43. The van der Waals surface area contributed by atoms with E-state index >= 15 is 0 Å². The molecule has 0 atom stereocenters. The van der Waals surface area contributed by atoms with Gasteiger partial charge in [0, 0.05) is 25.4 Å². The molecule has 7 heteroatoms. The molecule has 0 radical (unpaired) electrons. The summed E-state index contributed by atoms with van der Waals surface area (Å²) in [5.41, 5.74) is 7.48. The summed E-state index contributed by atoms with van der Waals surface area (Å²) >= 11 is 0. The Morgan fingerprint density at radius 3 is 2.71 bits per heavy atom. The van der Waals surface area contributed by atoms with E-state index in [2.05, 4.69) is 10.3 Å². The SMILES string of the molecule is N#Cc1cnc(NCc2ccccc2CN)c([N+](=O)[O-])c1. The molecular weight excluding hydrogens is 270 g/mol. The fourth-order valence-corrected chi connectivity index (χ4v) is 1.90. The number of pyridine rings is 1. The number of anilines is 1. The Labute approximate surface area is 121 Å². The van der Waals surface area contributed by atoms with Crippen LogP contribution in [0.15, 0.2) is 36.5 Å². The largest absolute Gasteiger partial charge is 0.360 e. The number of nitriles is 1. The Bertz CT molecular complexity index is 709. The van der Waals surface area contributed by atoms with E-state index in [1.54, 1.807) is 0 Å². The molecule has 21 heavy (non-hydrogen) atoms. The molecule has 7 nitrogen and oxygen atoms in total. The summed E-state index contributed by atoms with van der Waals surface area (Å²) in [5, 5.41) is 22.7. The van der Waals surface area contributed by atoms with Crippen molar-refractivity contribution >= 4 is 11.5 Å². The monoisotopic (exact) mass is 283 g/mol. The molecule has 0 fully saturated rings. The quantitative estimate of drug-likeness (QED) is 0.639. The zero-order valence-electron chi connectivity index (χ0n) is 11.1. The van der Waals surface area contributed by atoms with Gasteiger partial charge in [0.1, 0.15) is 6.07 Å². The third kappa shape index (κ3) is 3.32. The van der Waals surface area contributed by atoms with Crippen molar-refractivity contribution in [2.24, 2.45) is 5.73 Å². The van der Waals surface area contributed by atoms with Crippen molar-refractivity contribution < 1.29 is 4.92 Å². The van der Waals surface area contributed by atoms with Gasteiger partial charge >= 0.3 is 5.69 Å². The lowest BCUT2D eigenvalue weighted by Gasteiger charge is -2.09. The predicted octanol–water partition coefficient (Wildman–Crippen LogP) is 1.93. The van der Waals surface area contributed by atoms with Crippen LogP contribution in [0.3, 0.4) is 0 Å². The molecule has 0 bridgehead atoms. The van der Waals surface area contributed by atoms with Crippen LogP contribution >= 0.6 is 0 Å². The summed E-state index contributed by atoms with van der Waals surface area (Å²) < 4.78 is 0. The summed E-state index contributed by atoms with van der Waals surface area (Å²) in [6.07, 6.45) is 1.30. The molecule has 0 aliphatic carbocycles. The van der Waals surface area contributed by atoms with Gasteiger partial charge in [-0.2, -0.15) is 5.26 Å². The first-order valence-electron chi connectivity index (χ1n) is 6.21. The minimum Gasteiger partial charge on any atom is -0.360 e. The standard InChI is InChI=1S/C14H13N5O2/c15-6-10-5-13(19(20)21)14(17-8-10)18-9-12-4-2-1-3-11(12)7-16/h1-5,8H,7,9,16H2,(H,17,18). The van der Waals surface area contributed by atoms with Gasteiger partial charge in [-0.3, -0.25) is 10.1 Å². The third-order valence-corrected chi connectivity index (χ3v) is 2.98. The van der Waals surface area contributed by atoms with Gasteiger partial charge in [0.05, 0.1) is 10.5 Å². The van der Waals surface area contributed by atoms with Crippen LogP contribution < -0.4 is 11.1 Å². The van der Waals surface area contributed by atoms with E-state index in [0.717, 1.165) is 11.1 Å². The first kappa shape index (κ1) is 14.4. The van der Waals surface area contributed by atoms with E-state index in [4.69, 9.17) is 11.0 Å². The molecule has 3 N–H and O–H groups in total. The fraction of sp³-hybridized carbons (Fsp3) is 0.143. The Morgan fingerprint density at radius 2 is 2.10 bits per heavy atom. The smallest absolute Gasteiger partial charge is 0.312 e. The molecule has 1 aromatic heterocycles. The van der Waals surface area contributed by atoms with Crippen molar-refractivity contribution in [2.45, 2.75) is 13.1 Å². The van der Waals surface area contributed by atoms with Crippen LogP contribution in [0, 0.1) is 21.4 Å². The maximum atomic E-state index is 11.0. The number of nitro groups is 1. The number of benzene rings is 1. The van der Waals surface area contributed by atoms with Crippen LogP contribution in [0.2, 0.25) is 0 Å². The summed E-state index contributed by atoms with van der Waals surface area (Å²) in [5.74, 6) is 0.130. The molecule has 0 saturated heterocycles. The van der Waals surface area contributed by atoms with Gasteiger partial charge in [0.25, 0.3) is 0 Å². The molecule has 0 spiro atoms. The normalized spacial score (nSPS) is 9.90. The fourth-order valence-electron chi connectivity index (χ4n) is 1.90. The van der Waals surface area contributed by atoms with Crippen LogP contribution in [0.5, 0.6) is 0 Å². The highest BCUT2D eigenvalue weighted by Gasteiger charge is 2.16. The highest BCUT2D eigenvalue weighted by Crippen LogP contribution is 2.23. The van der Waals surface area contributed by atoms with Crippen LogP contribution in [0.25, 0.3) is 0 Å². The van der Waals surface area contributed by atoms with Gasteiger partial charge in [-0.05, 0) is 11.1 Å². The predicted molar refractivity (Wildman–Crippen MR) is 77.3 cm³/mol. The average molecular weight is 283 g/mol. The molecule has 0 unspecified atom stereocenters. The van der Waals surface area contributed by atoms with Crippen molar-refractivity contribution in [3.63, 3.8) is 0 Å². The second-order valence-corrected chi connectivity index (χ2v) is 4.29. The summed E-state index contributed by atoms with van der Waals surface area (Å²) in [4.78, 5) is 14.4. The highest BCUT2D eigenvalue weighted by atomic mass is 16.6. The van der Waals surface area contributed by atoms with E-state index in [1.165, 1.54) is 12.3 Å². The maximum absolute atomic E-state index is 11.0. The summed E-state index contributed by atoms with van der Waals surface area (Å²) in [6.45, 7) is 0.758. The molecule has 0 aliphatic rings. The lowest BCUT2D eigenvalue weighted by Crippen LogP contribution is -2.08. The van der Waals surface area contributed by atoms with E-state index in [-0.39, 0.29) is 17.1 Å². The molecule has 2 aromatic rings. The number of nitrogens with one attached hydrogen (secondary N) is 1. The maximum Gasteiger partial charge on any atom is 0.312 e. The number of rotatable bonds is 5. The number of hydrogen-bond donors (Lipinski definition) is 2. The number of hydrogen-bond acceptors (Lipinski definition) is 6. The van der Waals surface area contributed by atoms with E-state index in [1.807, 2.05) is 30.3 Å². The number of nitrogens with zero attached hydrogens (tertiary/aromatic N) is 3. The molecule has 0 aliphatic heterocycles. The zero-order valence-corrected chi connectivity index (χ0v) is 11.1. The van der Waals surface area contributed by atoms with Crippen LogP contribution in [-0.2, 0) is 13.1 Å². The highest BCUT2D eigenvalue weighted by molar-refractivity contribution is 5.58. The van der Waals surface area contributed by atoms with Crippen molar-refractivity contribution in [3.8, 4) is 6.07 Å². The Balaban J connectivity index is 2.24. The molecule has 0 saturated carbocycles. The van der Waals surface area contributed by atoms with Gasteiger partial charge in [-0.1, -0.05) is 24.3 Å². The van der Waals surface area contributed by atoms with Crippen LogP contribution in [0.1, 0.15) is 16.7 Å². The minimum atomic E-state index is -0.564. The minimum absolute atomic E-state index is 0.130. The number of nitrogens with two attached hydrogens (primary N) is 1. The Morgan fingerprint density at radius 1 is 1.38 bits per heavy atom. The molecule has 106 valence electrons. The van der Waals surface area contributed by atoms with Crippen molar-refractivity contribution in [3.05, 3.63) is 63.3 Å². The van der Waals surface area contributed by atoms with Crippen LogP contribution in [0.4, 0.5) is 11.5 Å². The first-order valence-corrected chi connectivity index (χ1v) is 6.21. The van der Waals surface area contributed by atoms with Gasteiger partial charge in [0.15, 0.2) is 0 Å². The lowest BCUT2D eigenvalue weighted by atomic mass is 10.1. The molecule has 0 amide bonds. The Hall–Kier alpha value is -2.98. The lowest BCUT2D eigenvalue weighted by molar-refractivity contribution is -0.384. The van der Waals surface area contributed by atoms with Gasteiger partial charge in [-0.25, -0.2) is 4.98 Å². The molecule has 1 heterocycles. The van der Waals surface area contributed by atoms with Crippen molar-refractivity contribution in [1.29, 1.82) is 5.26 Å². The van der Waals surface area contributed by atoms with Gasteiger partial charge in [0.2, 0.25) is 5.82 Å². The van der Waals surface area contributed by atoms with Crippen LogP contribution in [-0.4, -0.2) is 9.91 Å². The van der Waals surface area contributed by atoms with E-state index in [9.17, 15) is 10.1 Å². The molecular formula is C14H13N5O2. The van der Waals surface area contributed by atoms with E-state index < -0.39 is 4.92 Å². The topological polar surface area (TPSA) is 118 Å². The van der Waals surface area contributed by atoms with Crippen molar-refractivity contribution in [1.82, 2.24) is 4.98 Å². The van der Waals surface area contributed by atoms with Gasteiger partial charge in [-0.15, -0.1) is 0 Å². The summed E-state index contributed by atoms with van der Waals surface area (Å²) in [6, 6.07) is 10.6. The second kappa shape index (κ2) is 6.45. The van der Waals surface area contributed by atoms with Crippen molar-refractivity contribution in [2.75, 3.05) is 5.32 Å². The zero-order chi connectivity index (χ0) is 15.2. The third-order valence-electron chi connectivity index (χ3n) is 2.98. The molecule has 2 rings (SSSR count). The summed E-state index contributed by atoms with van der Waals surface area (Å²) in [7, 11) is 0. The van der Waals surface area contributed by atoms with Gasteiger partial charge < -0.3 is 11.1 Å². The average Bonchev–Trinajstić information content (AvgIpc) is 2.52. The molecule has 1 aromatic carbocycles.